The molecule has 0 aromatic heterocycles. The zero-order valence-electron chi connectivity index (χ0n) is 16.1. The molecule has 0 fully saturated rings. The second-order valence-corrected chi connectivity index (χ2v) is 7.17. The molecule has 0 aliphatic heterocycles. The maximum Gasteiger partial charge on any atom is 0.306 e. The fourth-order valence-electron chi connectivity index (χ4n) is 3.70. The van der Waals surface area contributed by atoms with Gasteiger partial charge in [0.1, 0.15) is 12.4 Å². The fraction of sp³-hybridized carbons (Fsp3) is 0.375. The Kier molecular flexibility index (Phi) is 6.69. The summed E-state index contributed by atoms with van der Waals surface area (Å²) in [4.78, 5) is 11.6. The van der Waals surface area contributed by atoms with E-state index in [1.54, 1.807) is 0 Å². The van der Waals surface area contributed by atoms with Crippen LogP contribution in [0.5, 0.6) is 5.75 Å². The molecular formula is C24H28O3. The Labute approximate surface area is 162 Å². The molecule has 0 amide bonds. The Morgan fingerprint density at radius 1 is 1.11 bits per heavy atom. The maximum absolute atomic E-state index is 11.6. The Morgan fingerprint density at radius 2 is 1.85 bits per heavy atom. The van der Waals surface area contributed by atoms with Crippen molar-refractivity contribution in [2.45, 2.75) is 51.0 Å². The predicted octanol–water partition coefficient (Wildman–Crippen LogP) is 5.37. The Hall–Kier alpha value is -2.55. The van der Waals surface area contributed by atoms with Gasteiger partial charge in [-0.3, -0.25) is 4.79 Å². The number of hydrogen-bond acceptors (Lipinski definition) is 3. The second kappa shape index (κ2) is 9.40. The minimum atomic E-state index is -0.199. The molecule has 3 nitrogen and oxygen atoms in total. The van der Waals surface area contributed by atoms with E-state index in [1.165, 1.54) is 49.5 Å². The van der Waals surface area contributed by atoms with E-state index in [4.69, 9.17) is 9.47 Å². The summed E-state index contributed by atoms with van der Waals surface area (Å²) < 4.78 is 10.8. The number of benzene rings is 2. The number of methoxy groups -OCH3 is 1. The van der Waals surface area contributed by atoms with Gasteiger partial charge in [0.15, 0.2) is 0 Å². The second-order valence-electron chi connectivity index (χ2n) is 7.17. The highest BCUT2D eigenvalue weighted by atomic mass is 16.5. The van der Waals surface area contributed by atoms with Gasteiger partial charge in [0, 0.05) is 0 Å². The van der Waals surface area contributed by atoms with Crippen molar-refractivity contribution in [2.24, 2.45) is 0 Å². The van der Waals surface area contributed by atoms with Crippen LogP contribution in [0, 0.1) is 0 Å². The SMILES string of the molecule is C=CCC(CC(=O)OC)c1ccc(OCc2ccc3c(c2)CCCC3)cc1. The summed E-state index contributed by atoms with van der Waals surface area (Å²) in [7, 11) is 1.42. The lowest BCUT2D eigenvalue weighted by molar-refractivity contribution is -0.141. The van der Waals surface area contributed by atoms with Crippen LogP contribution in [0.4, 0.5) is 0 Å². The van der Waals surface area contributed by atoms with Crippen LogP contribution in [0.25, 0.3) is 0 Å². The van der Waals surface area contributed by atoms with Gasteiger partial charge in [-0.05, 0) is 72.4 Å². The number of esters is 1. The number of hydrogen-bond donors (Lipinski definition) is 0. The van der Waals surface area contributed by atoms with Gasteiger partial charge >= 0.3 is 5.97 Å². The van der Waals surface area contributed by atoms with Crippen LogP contribution in [0.1, 0.15) is 53.9 Å². The molecule has 0 heterocycles. The Bertz CT molecular complexity index is 777. The van der Waals surface area contributed by atoms with Gasteiger partial charge < -0.3 is 9.47 Å². The number of carbonyl (C=O) groups excluding carboxylic acids is 1. The van der Waals surface area contributed by atoms with Crippen LogP contribution in [0.15, 0.2) is 55.1 Å². The molecule has 27 heavy (non-hydrogen) atoms. The molecule has 2 aromatic carbocycles. The van der Waals surface area contributed by atoms with E-state index in [9.17, 15) is 4.79 Å². The molecule has 2 aromatic rings. The molecule has 0 radical (unpaired) electrons. The van der Waals surface area contributed by atoms with Crippen LogP contribution < -0.4 is 4.74 Å². The van der Waals surface area contributed by atoms with Crippen molar-refractivity contribution in [3.63, 3.8) is 0 Å². The topological polar surface area (TPSA) is 35.5 Å². The molecule has 0 saturated heterocycles. The summed E-state index contributed by atoms with van der Waals surface area (Å²) in [5, 5.41) is 0. The third-order valence-electron chi connectivity index (χ3n) is 5.26. The van der Waals surface area contributed by atoms with Crippen molar-refractivity contribution in [1.82, 2.24) is 0 Å². The monoisotopic (exact) mass is 364 g/mol. The van der Waals surface area contributed by atoms with E-state index >= 15 is 0 Å². The molecule has 3 heteroatoms. The highest BCUT2D eigenvalue weighted by molar-refractivity contribution is 5.70. The van der Waals surface area contributed by atoms with E-state index in [1.807, 2.05) is 30.3 Å². The average molecular weight is 364 g/mol. The van der Waals surface area contributed by atoms with Crippen molar-refractivity contribution in [2.75, 3.05) is 7.11 Å². The fourth-order valence-corrected chi connectivity index (χ4v) is 3.70. The van der Waals surface area contributed by atoms with Gasteiger partial charge in [-0.15, -0.1) is 6.58 Å². The highest BCUT2D eigenvalue weighted by Crippen LogP contribution is 2.27. The van der Waals surface area contributed by atoms with Crippen LogP contribution in [-0.2, 0) is 29.0 Å². The van der Waals surface area contributed by atoms with Crippen molar-refractivity contribution in [3.8, 4) is 5.75 Å². The summed E-state index contributed by atoms with van der Waals surface area (Å²) in [6, 6.07) is 14.7. The number of ether oxygens (including phenoxy) is 2. The molecule has 1 atom stereocenters. The van der Waals surface area contributed by atoms with Crippen LogP contribution >= 0.6 is 0 Å². The number of allylic oxidation sites excluding steroid dienone is 1. The number of rotatable bonds is 8. The summed E-state index contributed by atoms with van der Waals surface area (Å²) in [6.07, 6.45) is 7.92. The van der Waals surface area contributed by atoms with E-state index in [0.29, 0.717) is 13.0 Å². The lowest BCUT2D eigenvalue weighted by Crippen LogP contribution is -2.08. The average Bonchev–Trinajstić information content (AvgIpc) is 2.72. The quantitative estimate of drug-likeness (QED) is 0.467. The van der Waals surface area contributed by atoms with Crippen LogP contribution in [-0.4, -0.2) is 13.1 Å². The first-order valence-electron chi connectivity index (χ1n) is 9.70. The molecule has 0 spiro atoms. The van der Waals surface area contributed by atoms with Crippen LogP contribution in [0.2, 0.25) is 0 Å². The van der Waals surface area contributed by atoms with Gasteiger partial charge in [0.2, 0.25) is 0 Å². The van der Waals surface area contributed by atoms with E-state index in [0.717, 1.165) is 17.7 Å². The van der Waals surface area contributed by atoms with Crippen molar-refractivity contribution >= 4 is 5.97 Å². The first-order valence-corrected chi connectivity index (χ1v) is 9.70. The summed E-state index contributed by atoms with van der Waals surface area (Å²) in [5.74, 6) is 0.728. The first kappa shape index (κ1) is 19.2. The smallest absolute Gasteiger partial charge is 0.306 e. The summed E-state index contributed by atoms with van der Waals surface area (Å²) in [5.41, 5.74) is 5.29. The molecule has 1 aliphatic rings. The van der Waals surface area contributed by atoms with Gasteiger partial charge in [0.05, 0.1) is 13.5 Å². The van der Waals surface area contributed by atoms with E-state index in [2.05, 4.69) is 24.8 Å². The lowest BCUT2D eigenvalue weighted by atomic mass is 9.90. The zero-order valence-corrected chi connectivity index (χ0v) is 16.1. The Balaban J connectivity index is 1.61. The Morgan fingerprint density at radius 3 is 2.56 bits per heavy atom. The summed E-state index contributed by atoms with van der Waals surface area (Å²) in [6.45, 7) is 4.37. The van der Waals surface area contributed by atoms with Gasteiger partial charge in [-0.1, -0.05) is 36.4 Å². The normalized spacial score (nSPS) is 14.1. The molecule has 0 bridgehead atoms. The highest BCUT2D eigenvalue weighted by Gasteiger charge is 2.15. The van der Waals surface area contributed by atoms with E-state index < -0.39 is 0 Å². The van der Waals surface area contributed by atoms with Gasteiger partial charge in [-0.2, -0.15) is 0 Å². The third-order valence-corrected chi connectivity index (χ3v) is 5.26. The standard InChI is InChI=1S/C24H28O3/c1-3-6-21(16-24(25)26-2)20-11-13-23(14-12-20)27-17-18-9-10-19-7-4-5-8-22(19)15-18/h3,9-15,21H,1,4-8,16-17H2,2H3. The molecule has 1 aliphatic carbocycles. The molecule has 3 rings (SSSR count). The van der Waals surface area contributed by atoms with Gasteiger partial charge in [0.25, 0.3) is 0 Å². The molecule has 142 valence electrons. The number of carbonyl (C=O) groups is 1. The maximum atomic E-state index is 11.6. The largest absolute Gasteiger partial charge is 0.489 e. The molecule has 0 saturated carbocycles. The zero-order chi connectivity index (χ0) is 19.1. The molecular weight excluding hydrogens is 336 g/mol. The number of fused-ring (bicyclic) bond motifs is 1. The van der Waals surface area contributed by atoms with Crippen molar-refractivity contribution in [3.05, 3.63) is 77.4 Å². The third kappa shape index (κ3) is 5.22. The minimum absolute atomic E-state index is 0.0876. The molecule has 0 N–H and O–H groups in total. The molecule has 1 unspecified atom stereocenters. The lowest BCUT2D eigenvalue weighted by Gasteiger charge is -2.17. The minimum Gasteiger partial charge on any atom is -0.489 e. The van der Waals surface area contributed by atoms with E-state index in [-0.39, 0.29) is 11.9 Å². The number of aryl methyl sites for hydroxylation is 2. The predicted molar refractivity (Wildman–Crippen MR) is 108 cm³/mol. The first-order chi connectivity index (χ1) is 13.2. The van der Waals surface area contributed by atoms with Gasteiger partial charge in [-0.25, -0.2) is 0 Å². The van der Waals surface area contributed by atoms with Crippen molar-refractivity contribution < 1.29 is 14.3 Å². The summed E-state index contributed by atoms with van der Waals surface area (Å²) >= 11 is 0. The van der Waals surface area contributed by atoms with Crippen LogP contribution in [0.3, 0.4) is 0 Å². The van der Waals surface area contributed by atoms with Crippen molar-refractivity contribution in [1.29, 1.82) is 0 Å².